The molecule has 0 amide bonds. The number of anilines is 1. The summed E-state index contributed by atoms with van der Waals surface area (Å²) in [7, 11) is 1.63. The molecule has 0 aliphatic rings. The van der Waals surface area contributed by atoms with Crippen LogP contribution in [0.15, 0.2) is 30.5 Å². The third-order valence-electron chi connectivity index (χ3n) is 2.21. The van der Waals surface area contributed by atoms with Crippen molar-refractivity contribution in [3.63, 3.8) is 0 Å². The molecule has 0 spiro atoms. The molecule has 0 saturated carbocycles. The Bertz CT molecular complexity index is 468. The summed E-state index contributed by atoms with van der Waals surface area (Å²) < 4.78 is 5.17. The van der Waals surface area contributed by atoms with E-state index in [0.29, 0.717) is 5.88 Å². The Morgan fingerprint density at radius 2 is 2.25 bits per heavy atom. The molecule has 0 radical (unpaired) electrons. The molecule has 84 valence electrons. The highest BCUT2D eigenvalue weighted by atomic mass is 32.1. The summed E-state index contributed by atoms with van der Waals surface area (Å²) in [4.78, 5) is 6.77. The van der Waals surface area contributed by atoms with Crippen LogP contribution in [-0.2, 0) is 6.54 Å². The van der Waals surface area contributed by atoms with Gasteiger partial charge in [0, 0.05) is 22.5 Å². The van der Waals surface area contributed by atoms with Gasteiger partial charge in [0.25, 0.3) is 0 Å². The summed E-state index contributed by atoms with van der Waals surface area (Å²) in [6.45, 7) is 2.92. The fraction of sp³-hybridized carbons (Fsp3) is 0.250. The molecule has 0 atom stereocenters. The lowest BCUT2D eigenvalue weighted by Gasteiger charge is -2.08. The van der Waals surface area contributed by atoms with Crippen LogP contribution in [0.5, 0.6) is 5.88 Å². The van der Waals surface area contributed by atoms with Gasteiger partial charge >= 0.3 is 0 Å². The molecule has 16 heavy (non-hydrogen) atoms. The molecule has 0 bridgehead atoms. The van der Waals surface area contributed by atoms with E-state index in [9.17, 15) is 0 Å². The number of aryl methyl sites for hydroxylation is 1. The van der Waals surface area contributed by atoms with Crippen LogP contribution < -0.4 is 10.1 Å². The van der Waals surface area contributed by atoms with Crippen molar-refractivity contribution in [1.29, 1.82) is 0 Å². The summed E-state index contributed by atoms with van der Waals surface area (Å²) in [5.74, 6) is 0.635. The molecule has 2 aromatic rings. The normalized spacial score (nSPS) is 10.1. The monoisotopic (exact) mass is 234 g/mol. The van der Waals surface area contributed by atoms with Gasteiger partial charge in [0.15, 0.2) is 0 Å². The Hall–Kier alpha value is -1.55. The summed E-state index contributed by atoms with van der Waals surface area (Å²) >= 11 is 1.80. The number of nitrogens with one attached hydrogen (secondary N) is 1. The molecule has 0 saturated heterocycles. The lowest BCUT2D eigenvalue weighted by atomic mass is 10.3. The van der Waals surface area contributed by atoms with E-state index >= 15 is 0 Å². The van der Waals surface area contributed by atoms with E-state index in [1.165, 1.54) is 9.75 Å². The molecular weight excluding hydrogens is 220 g/mol. The van der Waals surface area contributed by atoms with Crippen molar-refractivity contribution in [2.75, 3.05) is 12.4 Å². The van der Waals surface area contributed by atoms with Gasteiger partial charge in [-0.15, -0.1) is 11.3 Å². The van der Waals surface area contributed by atoms with Crippen LogP contribution in [0.2, 0.25) is 0 Å². The van der Waals surface area contributed by atoms with Crippen molar-refractivity contribution in [3.05, 3.63) is 40.2 Å². The maximum Gasteiger partial charge on any atom is 0.237 e. The van der Waals surface area contributed by atoms with Crippen molar-refractivity contribution < 1.29 is 4.74 Å². The van der Waals surface area contributed by atoms with Gasteiger partial charge in [-0.25, -0.2) is 4.98 Å². The van der Waals surface area contributed by atoms with Gasteiger partial charge in [-0.1, -0.05) is 0 Å². The highest BCUT2D eigenvalue weighted by molar-refractivity contribution is 7.11. The van der Waals surface area contributed by atoms with Crippen molar-refractivity contribution in [2.45, 2.75) is 13.5 Å². The zero-order chi connectivity index (χ0) is 11.4. The highest BCUT2D eigenvalue weighted by Gasteiger charge is 2.03. The molecule has 4 heteroatoms. The molecule has 0 aromatic carbocycles. The van der Waals surface area contributed by atoms with Crippen LogP contribution >= 0.6 is 11.3 Å². The van der Waals surface area contributed by atoms with E-state index in [1.54, 1.807) is 24.6 Å². The molecule has 2 heterocycles. The molecular formula is C12H14N2OS. The van der Waals surface area contributed by atoms with Crippen LogP contribution in [0.25, 0.3) is 0 Å². The maximum atomic E-state index is 5.17. The van der Waals surface area contributed by atoms with E-state index in [-0.39, 0.29) is 0 Å². The molecule has 0 fully saturated rings. The minimum Gasteiger partial charge on any atom is -0.480 e. The second kappa shape index (κ2) is 4.99. The Labute approximate surface area is 99.1 Å². The average molecular weight is 234 g/mol. The zero-order valence-corrected chi connectivity index (χ0v) is 10.2. The third kappa shape index (κ3) is 2.52. The first-order chi connectivity index (χ1) is 7.79. The van der Waals surface area contributed by atoms with Crippen LogP contribution in [0.3, 0.4) is 0 Å². The van der Waals surface area contributed by atoms with Crippen molar-refractivity contribution in [1.82, 2.24) is 4.98 Å². The Morgan fingerprint density at radius 1 is 1.38 bits per heavy atom. The first-order valence-corrected chi connectivity index (χ1v) is 5.89. The predicted molar refractivity (Wildman–Crippen MR) is 67.2 cm³/mol. The number of aromatic nitrogens is 1. The standard InChI is InChI=1S/C12H14N2OS/c1-9-5-6-10(16-9)8-14-11-4-3-7-13-12(11)15-2/h3-7,14H,8H2,1-2H3. The van der Waals surface area contributed by atoms with Crippen molar-refractivity contribution in [2.24, 2.45) is 0 Å². The smallest absolute Gasteiger partial charge is 0.237 e. The first kappa shape index (κ1) is 11.0. The fourth-order valence-electron chi connectivity index (χ4n) is 1.45. The second-order valence-corrected chi connectivity index (χ2v) is 4.80. The number of pyridine rings is 1. The largest absolute Gasteiger partial charge is 0.480 e. The van der Waals surface area contributed by atoms with Gasteiger partial charge in [-0.2, -0.15) is 0 Å². The van der Waals surface area contributed by atoms with Gasteiger partial charge in [0.2, 0.25) is 5.88 Å². The van der Waals surface area contributed by atoms with Gasteiger partial charge in [-0.05, 0) is 31.2 Å². The van der Waals surface area contributed by atoms with Crippen molar-refractivity contribution >= 4 is 17.0 Å². The molecule has 3 nitrogen and oxygen atoms in total. The van der Waals surface area contributed by atoms with Crippen LogP contribution in [0, 0.1) is 6.92 Å². The molecule has 0 aliphatic heterocycles. The third-order valence-corrected chi connectivity index (χ3v) is 3.21. The minimum absolute atomic E-state index is 0.635. The Kier molecular flexibility index (Phi) is 3.41. The van der Waals surface area contributed by atoms with Crippen molar-refractivity contribution in [3.8, 4) is 5.88 Å². The Balaban J connectivity index is 2.04. The quantitative estimate of drug-likeness (QED) is 0.882. The van der Waals surface area contributed by atoms with E-state index in [4.69, 9.17) is 4.74 Å². The Morgan fingerprint density at radius 3 is 2.94 bits per heavy atom. The fourth-order valence-corrected chi connectivity index (χ4v) is 2.28. The summed E-state index contributed by atoms with van der Waals surface area (Å²) in [5.41, 5.74) is 0.927. The van der Waals surface area contributed by atoms with Crippen LogP contribution in [0.1, 0.15) is 9.75 Å². The zero-order valence-electron chi connectivity index (χ0n) is 9.36. The second-order valence-electron chi connectivity index (χ2n) is 3.43. The number of methoxy groups -OCH3 is 1. The number of hydrogen-bond acceptors (Lipinski definition) is 4. The first-order valence-electron chi connectivity index (χ1n) is 5.08. The van der Waals surface area contributed by atoms with E-state index in [0.717, 1.165) is 12.2 Å². The van der Waals surface area contributed by atoms with E-state index in [2.05, 4.69) is 29.4 Å². The average Bonchev–Trinajstić information content (AvgIpc) is 2.73. The van der Waals surface area contributed by atoms with Gasteiger partial charge in [0.1, 0.15) is 0 Å². The summed E-state index contributed by atoms with van der Waals surface area (Å²) in [5, 5.41) is 3.32. The predicted octanol–water partition coefficient (Wildman–Crippen LogP) is 3.07. The molecule has 1 N–H and O–H groups in total. The topological polar surface area (TPSA) is 34.1 Å². The molecule has 0 aliphatic carbocycles. The molecule has 2 rings (SSSR count). The number of thiophene rings is 1. The lowest BCUT2D eigenvalue weighted by Crippen LogP contribution is -2.00. The molecule has 2 aromatic heterocycles. The number of nitrogens with zero attached hydrogens (tertiary/aromatic N) is 1. The maximum absolute atomic E-state index is 5.17. The number of rotatable bonds is 4. The summed E-state index contributed by atoms with van der Waals surface area (Å²) in [6, 6.07) is 8.12. The highest BCUT2D eigenvalue weighted by Crippen LogP contribution is 2.22. The summed E-state index contributed by atoms with van der Waals surface area (Å²) in [6.07, 6.45) is 1.72. The van der Waals surface area contributed by atoms with Gasteiger partial charge in [0.05, 0.1) is 12.8 Å². The van der Waals surface area contributed by atoms with Crippen LogP contribution in [-0.4, -0.2) is 12.1 Å². The number of ether oxygens (including phenoxy) is 1. The van der Waals surface area contributed by atoms with E-state index in [1.807, 2.05) is 12.1 Å². The van der Waals surface area contributed by atoms with Crippen LogP contribution in [0.4, 0.5) is 5.69 Å². The van der Waals surface area contributed by atoms with E-state index < -0.39 is 0 Å². The SMILES string of the molecule is COc1ncccc1NCc1ccc(C)s1. The van der Waals surface area contributed by atoms with Gasteiger partial charge in [-0.3, -0.25) is 0 Å². The lowest BCUT2D eigenvalue weighted by molar-refractivity contribution is 0.399. The van der Waals surface area contributed by atoms with Gasteiger partial charge < -0.3 is 10.1 Å². The molecule has 0 unspecified atom stereocenters. The minimum atomic E-state index is 0.635. The number of hydrogen-bond donors (Lipinski definition) is 1.